The molecule has 3 aromatic rings. The number of aryl methyl sites for hydroxylation is 1. The van der Waals surface area contributed by atoms with E-state index in [2.05, 4.69) is 16.5 Å². The molecule has 0 saturated carbocycles. The lowest BCUT2D eigenvalue weighted by Gasteiger charge is -2.17. The summed E-state index contributed by atoms with van der Waals surface area (Å²) < 4.78 is 14.6. The first-order chi connectivity index (χ1) is 10.2. The molecule has 3 nitrogen and oxygen atoms in total. The lowest BCUT2D eigenvalue weighted by atomic mass is 9.99. The van der Waals surface area contributed by atoms with Crippen LogP contribution < -0.4 is 11.3 Å². The zero-order valence-electron chi connectivity index (χ0n) is 11.6. The summed E-state index contributed by atoms with van der Waals surface area (Å²) in [7, 11) is 0. The van der Waals surface area contributed by atoms with Crippen molar-refractivity contribution in [3.63, 3.8) is 0 Å². The van der Waals surface area contributed by atoms with Gasteiger partial charge in [-0.25, -0.2) is 9.37 Å². The Kier molecular flexibility index (Phi) is 3.96. The van der Waals surface area contributed by atoms with E-state index in [0.29, 0.717) is 6.42 Å². The first-order valence-corrected chi connectivity index (χ1v) is 7.55. The molecule has 108 valence electrons. The minimum Gasteiger partial charge on any atom is -0.271 e. The zero-order valence-corrected chi connectivity index (χ0v) is 12.5. The number of aromatic nitrogens is 1. The second-order valence-electron chi connectivity index (χ2n) is 5.00. The molecule has 1 unspecified atom stereocenters. The van der Waals surface area contributed by atoms with Gasteiger partial charge in [0, 0.05) is 6.42 Å². The molecular formula is C16H16FN3S. The number of rotatable bonds is 4. The van der Waals surface area contributed by atoms with E-state index in [1.54, 1.807) is 17.4 Å². The predicted octanol–water partition coefficient (Wildman–Crippen LogP) is 3.49. The summed E-state index contributed by atoms with van der Waals surface area (Å²) in [6.45, 7) is 1.96. The van der Waals surface area contributed by atoms with Crippen LogP contribution >= 0.6 is 11.3 Å². The average Bonchev–Trinajstić information content (AvgIpc) is 2.90. The van der Waals surface area contributed by atoms with Crippen LogP contribution in [-0.4, -0.2) is 4.98 Å². The third kappa shape index (κ3) is 2.95. The number of halogens is 1. The fourth-order valence-corrected chi connectivity index (χ4v) is 3.44. The van der Waals surface area contributed by atoms with Crippen molar-refractivity contribution in [1.82, 2.24) is 10.4 Å². The molecule has 0 spiro atoms. The van der Waals surface area contributed by atoms with Gasteiger partial charge in [0.1, 0.15) is 5.82 Å². The van der Waals surface area contributed by atoms with Crippen molar-refractivity contribution in [2.24, 2.45) is 5.84 Å². The van der Waals surface area contributed by atoms with Crippen LogP contribution in [0.25, 0.3) is 10.2 Å². The quantitative estimate of drug-likeness (QED) is 0.573. The van der Waals surface area contributed by atoms with Crippen LogP contribution in [0.2, 0.25) is 0 Å². The van der Waals surface area contributed by atoms with E-state index in [1.165, 1.54) is 12.1 Å². The number of nitrogens with zero attached hydrogens (tertiary/aromatic N) is 1. The predicted molar refractivity (Wildman–Crippen MR) is 84.5 cm³/mol. The van der Waals surface area contributed by atoms with Crippen LogP contribution in [0.1, 0.15) is 22.2 Å². The normalized spacial score (nSPS) is 12.7. The Morgan fingerprint density at radius 3 is 2.86 bits per heavy atom. The topological polar surface area (TPSA) is 50.9 Å². The van der Waals surface area contributed by atoms with E-state index >= 15 is 0 Å². The van der Waals surface area contributed by atoms with Gasteiger partial charge in [0.15, 0.2) is 0 Å². The van der Waals surface area contributed by atoms with E-state index in [-0.39, 0.29) is 11.9 Å². The number of hydrogen-bond acceptors (Lipinski definition) is 4. The molecule has 2 aromatic carbocycles. The van der Waals surface area contributed by atoms with E-state index in [4.69, 9.17) is 5.84 Å². The summed E-state index contributed by atoms with van der Waals surface area (Å²) in [6, 6.07) is 12.6. The number of nitrogens with one attached hydrogen (secondary N) is 1. The number of benzene rings is 2. The second kappa shape index (κ2) is 5.89. The van der Waals surface area contributed by atoms with Crippen molar-refractivity contribution >= 4 is 21.6 Å². The molecule has 3 N–H and O–H groups in total. The summed E-state index contributed by atoms with van der Waals surface area (Å²) >= 11 is 1.65. The van der Waals surface area contributed by atoms with E-state index < -0.39 is 0 Å². The summed E-state index contributed by atoms with van der Waals surface area (Å²) in [6.07, 6.45) is 0.639. The van der Waals surface area contributed by atoms with E-state index in [9.17, 15) is 4.39 Å². The van der Waals surface area contributed by atoms with Gasteiger partial charge in [-0.05, 0) is 42.3 Å². The highest BCUT2D eigenvalue weighted by molar-refractivity contribution is 7.18. The summed E-state index contributed by atoms with van der Waals surface area (Å²) in [5, 5.41) is 0.989. The van der Waals surface area contributed by atoms with Crippen LogP contribution in [0.3, 0.4) is 0 Å². The van der Waals surface area contributed by atoms with Gasteiger partial charge in [-0.1, -0.05) is 18.2 Å². The van der Waals surface area contributed by atoms with E-state index in [0.717, 1.165) is 26.4 Å². The largest absolute Gasteiger partial charge is 0.271 e. The fourth-order valence-electron chi connectivity index (χ4n) is 2.43. The monoisotopic (exact) mass is 301 g/mol. The number of hydrazine groups is 1. The summed E-state index contributed by atoms with van der Waals surface area (Å²) in [5.74, 6) is 5.42. The highest BCUT2D eigenvalue weighted by Gasteiger charge is 2.16. The summed E-state index contributed by atoms with van der Waals surface area (Å²) in [4.78, 5) is 4.61. The molecule has 0 amide bonds. The van der Waals surface area contributed by atoms with Crippen LogP contribution in [0.5, 0.6) is 0 Å². The standard InChI is InChI=1S/C16H16FN3S/c1-10-6-7-11(17)8-12(10)14(20-18)9-16-19-13-4-2-3-5-15(13)21-16/h2-8,14,20H,9,18H2,1H3. The Morgan fingerprint density at radius 1 is 1.29 bits per heavy atom. The first-order valence-electron chi connectivity index (χ1n) is 6.74. The molecule has 0 aliphatic carbocycles. The third-order valence-corrected chi connectivity index (χ3v) is 4.59. The van der Waals surface area contributed by atoms with Gasteiger partial charge in [-0.2, -0.15) is 0 Å². The van der Waals surface area contributed by atoms with Crippen molar-refractivity contribution in [3.8, 4) is 0 Å². The number of fused-ring (bicyclic) bond motifs is 1. The lowest BCUT2D eigenvalue weighted by Crippen LogP contribution is -2.30. The van der Waals surface area contributed by atoms with Crippen LogP contribution in [0.15, 0.2) is 42.5 Å². The number of para-hydroxylation sites is 1. The van der Waals surface area contributed by atoms with Crippen LogP contribution in [0, 0.1) is 12.7 Å². The van der Waals surface area contributed by atoms with Crippen molar-refractivity contribution in [2.75, 3.05) is 0 Å². The molecule has 1 atom stereocenters. The molecule has 1 heterocycles. The van der Waals surface area contributed by atoms with Crippen LogP contribution in [-0.2, 0) is 6.42 Å². The van der Waals surface area contributed by atoms with Gasteiger partial charge in [0.05, 0.1) is 21.3 Å². The van der Waals surface area contributed by atoms with Crippen molar-refractivity contribution in [1.29, 1.82) is 0 Å². The molecule has 1 aromatic heterocycles. The third-order valence-electron chi connectivity index (χ3n) is 3.53. The fraction of sp³-hybridized carbons (Fsp3) is 0.188. The number of nitrogens with two attached hydrogens (primary N) is 1. The molecule has 0 bridgehead atoms. The number of hydrogen-bond donors (Lipinski definition) is 2. The van der Waals surface area contributed by atoms with Gasteiger partial charge >= 0.3 is 0 Å². The summed E-state index contributed by atoms with van der Waals surface area (Å²) in [5.41, 5.74) is 5.66. The molecule has 0 saturated heterocycles. The molecule has 3 rings (SSSR count). The second-order valence-corrected chi connectivity index (χ2v) is 6.11. The highest BCUT2D eigenvalue weighted by Crippen LogP contribution is 2.27. The maximum Gasteiger partial charge on any atom is 0.123 e. The molecule has 21 heavy (non-hydrogen) atoms. The zero-order chi connectivity index (χ0) is 14.8. The Balaban J connectivity index is 1.91. The smallest absolute Gasteiger partial charge is 0.123 e. The molecule has 0 aliphatic rings. The average molecular weight is 301 g/mol. The van der Waals surface area contributed by atoms with Crippen LogP contribution in [0.4, 0.5) is 4.39 Å². The van der Waals surface area contributed by atoms with Gasteiger partial charge in [-0.3, -0.25) is 11.3 Å². The number of thiazole rings is 1. The molecule has 0 fully saturated rings. The van der Waals surface area contributed by atoms with Crippen molar-refractivity contribution in [2.45, 2.75) is 19.4 Å². The van der Waals surface area contributed by atoms with Gasteiger partial charge < -0.3 is 0 Å². The minimum absolute atomic E-state index is 0.152. The highest BCUT2D eigenvalue weighted by atomic mass is 32.1. The van der Waals surface area contributed by atoms with Gasteiger partial charge in [-0.15, -0.1) is 11.3 Å². The first kappa shape index (κ1) is 14.1. The molecular weight excluding hydrogens is 285 g/mol. The minimum atomic E-state index is -0.250. The Labute approximate surface area is 126 Å². The Bertz CT molecular complexity index is 736. The maximum atomic E-state index is 13.5. The van der Waals surface area contributed by atoms with Crippen molar-refractivity contribution < 1.29 is 4.39 Å². The molecule has 0 aliphatic heterocycles. The maximum absolute atomic E-state index is 13.5. The SMILES string of the molecule is Cc1ccc(F)cc1C(Cc1nc2ccccc2s1)NN. The lowest BCUT2D eigenvalue weighted by molar-refractivity contribution is 0.541. The van der Waals surface area contributed by atoms with E-state index in [1.807, 2.05) is 25.1 Å². The van der Waals surface area contributed by atoms with Gasteiger partial charge in [0.2, 0.25) is 0 Å². The Hall–Kier alpha value is -1.82. The molecule has 0 radical (unpaired) electrons. The van der Waals surface area contributed by atoms with Crippen molar-refractivity contribution in [3.05, 3.63) is 64.4 Å². The Morgan fingerprint density at radius 2 is 2.10 bits per heavy atom. The molecule has 5 heteroatoms. The van der Waals surface area contributed by atoms with Gasteiger partial charge in [0.25, 0.3) is 0 Å².